The molecule has 8 heteroatoms. The summed E-state index contributed by atoms with van der Waals surface area (Å²) in [5, 5.41) is 0.734. The van der Waals surface area contributed by atoms with Gasteiger partial charge in [-0.2, -0.15) is 4.37 Å². The number of ether oxygens (including phenoxy) is 1. The molecule has 3 rings (SSSR count). The first kappa shape index (κ1) is 16.1. The van der Waals surface area contributed by atoms with Crippen molar-refractivity contribution in [3.05, 3.63) is 56.5 Å². The summed E-state index contributed by atoms with van der Waals surface area (Å²) < 4.78 is 11.1. The zero-order chi connectivity index (χ0) is 17.3. The summed E-state index contributed by atoms with van der Waals surface area (Å²) in [6.07, 6.45) is 0.0520. The number of hydrogen-bond acceptors (Lipinski definition) is 6. The van der Waals surface area contributed by atoms with Gasteiger partial charge < -0.3 is 9.72 Å². The average molecular weight is 345 g/mol. The summed E-state index contributed by atoms with van der Waals surface area (Å²) >= 11 is 1.26. The highest BCUT2D eigenvalue weighted by atomic mass is 32.1. The number of nitrogens with zero attached hydrogens (tertiary/aromatic N) is 2. The van der Waals surface area contributed by atoms with Crippen LogP contribution in [0.4, 0.5) is 0 Å². The monoisotopic (exact) mass is 345 g/mol. The summed E-state index contributed by atoms with van der Waals surface area (Å²) in [6.45, 7) is 3.70. The number of benzene rings is 1. The van der Waals surface area contributed by atoms with Crippen LogP contribution in [0.1, 0.15) is 18.3 Å². The van der Waals surface area contributed by atoms with Gasteiger partial charge in [0.05, 0.1) is 29.1 Å². The molecule has 0 aliphatic heterocycles. The van der Waals surface area contributed by atoms with Crippen LogP contribution in [0.5, 0.6) is 0 Å². The predicted molar refractivity (Wildman–Crippen MR) is 90.9 cm³/mol. The number of carbonyl (C=O) groups is 1. The Labute approximate surface area is 140 Å². The molecule has 7 nitrogen and oxygen atoms in total. The van der Waals surface area contributed by atoms with Crippen LogP contribution in [0.2, 0.25) is 0 Å². The number of carbonyl (C=O) groups excluding carboxylic acids is 1. The van der Waals surface area contributed by atoms with Crippen LogP contribution in [0.3, 0.4) is 0 Å². The third-order valence-electron chi connectivity index (χ3n) is 3.47. The van der Waals surface area contributed by atoms with Crippen molar-refractivity contribution in [1.29, 1.82) is 0 Å². The van der Waals surface area contributed by atoms with E-state index in [2.05, 4.69) is 9.36 Å². The van der Waals surface area contributed by atoms with E-state index in [1.165, 1.54) is 17.6 Å². The van der Waals surface area contributed by atoms with Crippen molar-refractivity contribution in [1.82, 2.24) is 13.9 Å². The van der Waals surface area contributed by atoms with E-state index in [1.807, 2.05) is 0 Å². The topological polar surface area (TPSA) is 94.0 Å². The first-order valence-electron chi connectivity index (χ1n) is 7.37. The van der Waals surface area contributed by atoms with E-state index in [-0.39, 0.29) is 12.4 Å². The molecule has 0 bridgehead atoms. The van der Waals surface area contributed by atoms with Crippen molar-refractivity contribution in [2.24, 2.45) is 0 Å². The van der Waals surface area contributed by atoms with Gasteiger partial charge in [-0.1, -0.05) is 0 Å². The molecule has 0 aliphatic carbocycles. The van der Waals surface area contributed by atoms with E-state index < -0.39 is 11.2 Å². The third kappa shape index (κ3) is 3.00. The quantitative estimate of drug-likeness (QED) is 0.724. The van der Waals surface area contributed by atoms with Crippen LogP contribution < -0.4 is 11.2 Å². The van der Waals surface area contributed by atoms with Crippen molar-refractivity contribution < 1.29 is 9.53 Å². The first-order valence-corrected chi connectivity index (χ1v) is 8.14. The van der Waals surface area contributed by atoms with Crippen molar-refractivity contribution in [2.75, 3.05) is 6.61 Å². The van der Waals surface area contributed by atoms with Gasteiger partial charge in [0, 0.05) is 17.1 Å². The molecule has 24 heavy (non-hydrogen) atoms. The van der Waals surface area contributed by atoms with Gasteiger partial charge in [-0.25, -0.2) is 9.36 Å². The number of esters is 1. The Balaban J connectivity index is 2.10. The molecular weight excluding hydrogens is 330 g/mol. The van der Waals surface area contributed by atoms with Crippen molar-refractivity contribution in [3.63, 3.8) is 0 Å². The Morgan fingerprint density at radius 2 is 2.12 bits per heavy atom. The van der Waals surface area contributed by atoms with Gasteiger partial charge in [-0.3, -0.25) is 9.59 Å². The van der Waals surface area contributed by atoms with E-state index in [4.69, 9.17) is 4.74 Å². The van der Waals surface area contributed by atoms with Gasteiger partial charge in [0.1, 0.15) is 0 Å². The summed E-state index contributed by atoms with van der Waals surface area (Å²) in [4.78, 5) is 38.5. The SMILES string of the molecule is CCOC(=O)Cc1nsc2ccc(-n3c(=O)cc(C)[nH]c3=O)cc12. The summed E-state index contributed by atoms with van der Waals surface area (Å²) in [5.41, 5.74) is 0.591. The summed E-state index contributed by atoms with van der Waals surface area (Å²) in [5.74, 6) is -0.361. The fourth-order valence-corrected chi connectivity index (χ4v) is 3.22. The average Bonchev–Trinajstić information content (AvgIpc) is 2.89. The van der Waals surface area contributed by atoms with Crippen molar-refractivity contribution >= 4 is 27.6 Å². The fourth-order valence-electron chi connectivity index (χ4n) is 2.45. The number of aryl methyl sites for hydroxylation is 1. The zero-order valence-electron chi connectivity index (χ0n) is 13.2. The number of aromatic amines is 1. The highest BCUT2D eigenvalue weighted by Crippen LogP contribution is 2.25. The third-order valence-corrected chi connectivity index (χ3v) is 4.34. The predicted octanol–water partition coefficient (Wildman–Crippen LogP) is 1.55. The minimum Gasteiger partial charge on any atom is -0.466 e. The van der Waals surface area contributed by atoms with Crippen molar-refractivity contribution in [3.8, 4) is 5.69 Å². The number of H-pyrrole nitrogens is 1. The van der Waals surface area contributed by atoms with E-state index in [1.54, 1.807) is 32.0 Å². The molecule has 0 radical (unpaired) electrons. The maximum Gasteiger partial charge on any atom is 0.333 e. The Morgan fingerprint density at radius 1 is 1.33 bits per heavy atom. The number of aromatic nitrogens is 3. The van der Waals surface area contributed by atoms with Gasteiger partial charge in [0.15, 0.2) is 0 Å². The van der Waals surface area contributed by atoms with E-state index in [0.717, 1.165) is 14.7 Å². The van der Waals surface area contributed by atoms with E-state index in [0.29, 0.717) is 23.7 Å². The van der Waals surface area contributed by atoms with Gasteiger partial charge >= 0.3 is 11.7 Å². The first-order chi connectivity index (χ1) is 11.5. The smallest absolute Gasteiger partial charge is 0.333 e. The molecule has 0 amide bonds. The minimum absolute atomic E-state index is 0.0520. The highest BCUT2D eigenvalue weighted by molar-refractivity contribution is 7.13. The van der Waals surface area contributed by atoms with Crippen LogP contribution in [-0.2, 0) is 16.0 Å². The van der Waals surface area contributed by atoms with Crippen LogP contribution in [-0.4, -0.2) is 26.5 Å². The maximum absolute atomic E-state index is 12.1. The number of fused-ring (bicyclic) bond motifs is 1. The number of nitrogens with one attached hydrogen (secondary N) is 1. The largest absolute Gasteiger partial charge is 0.466 e. The molecule has 2 heterocycles. The molecule has 124 valence electrons. The second-order valence-electron chi connectivity index (χ2n) is 5.22. The molecular formula is C16H15N3O4S. The van der Waals surface area contributed by atoms with Crippen LogP contribution in [0, 0.1) is 6.92 Å². The van der Waals surface area contributed by atoms with E-state index >= 15 is 0 Å². The molecule has 3 aromatic rings. The number of rotatable bonds is 4. The Kier molecular flexibility index (Phi) is 4.30. The Bertz CT molecular complexity index is 1000. The van der Waals surface area contributed by atoms with Crippen LogP contribution in [0.15, 0.2) is 33.9 Å². The molecule has 0 saturated heterocycles. The summed E-state index contributed by atoms with van der Waals surface area (Å²) in [7, 11) is 0. The molecule has 0 unspecified atom stereocenters. The minimum atomic E-state index is -0.505. The molecule has 2 aromatic heterocycles. The molecule has 0 fully saturated rings. The normalized spacial score (nSPS) is 10.9. The zero-order valence-corrected chi connectivity index (χ0v) is 14.0. The highest BCUT2D eigenvalue weighted by Gasteiger charge is 2.14. The second-order valence-corrected chi connectivity index (χ2v) is 6.03. The number of hydrogen-bond donors (Lipinski definition) is 1. The van der Waals surface area contributed by atoms with Gasteiger partial charge in [0.2, 0.25) is 0 Å². The maximum atomic E-state index is 12.1. The standard InChI is InChI=1S/C16H15N3O4S/c1-3-23-15(21)8-12-11-7-10(4-5-13(11)24-18-12)19-14(20)6-9(2)17-16(19)22/h4-7H,3,8H2,1-2H3,(H,17,22). The lowest BCUT2D eigenvalue weighted by Crippen LogP contribution is -2.33. The Morgan fingerprint density at radius 3 is 2.83 bits per heavy atom. The van der Waals surface area contributed by atoms with E-state index in [9.17, 15) is 14.4 Å². The van der Waals surface area contributed by atoms with Crippen LogP contribution in [0.25, 0.3) is 15.8 Å². The Hall–Kier alpha value is -2.74. The molecule has 0 saturated carbocycles. The molecule has 0 atom stereocenters. The fraction of sp³-hybridized carbons (Fsp3) is 0.250. The molecule has 1 N–H and O–H groups in total. The van der Waals surface area contributed by atoms with Gasteiger partial charge in [0.25, 0.3) is 5.56 Å². The molecule has 0 aliphatic rings. The summed E-state index contributed by atoms with van der Waals surface area (Å²) in [6, 6.07) is 6.51. The molecule has 0 spiro atoms. The van der Waals surface area contributed by atoms with Crippen molar-refractivity contribution in [2.45, 2.75) is 20.3 Å². The molecule has 1 aromatic carbocycles. The lowest BCUT2D eigenvalue weighted by molar-refractivity contribution is -0.142. The lowest BCUT2D eigenvalue weighted by atomic mass is 10.1. The second kappa shape index (κ2) is 6.40. The van der Waals surface area contributed by atoms with Crippen LogP contribution >= 0.6 is 11.5 Å². The van der Waals surface area contributed by atoms with Gasteiger partial charge in [-0.05, 0) is 43.6 Å². The van der Waals surface area contributed by atoms with Gasteiger partial charge in [-0.15, -0.1) is 0 Å². The lowest BCUT2D eigenvalue weighted by Gasteiger charge is -2.05.